The molecule has 20 heavy (non-hydrogen) atoms. The average Bonchev–Trinajstić information content (AvgIpc) is 2.37. The maximum absolute atomic E-state index is 12.1. The molecule has 0 spiro atoms. The number of aryl methyl sites for hydroxylation is 2. The van der Waals surface area contributed by atoms with Crippen molar-refractivity contribution in [3.8, 4) is 5.69 Å². The number of benzene rings is 1. The molecular weight excluding hydrogens is 248 g/mol. The second-order valence-corrected chi connectivity index (χ2v) is 5.80. The number of nitrogens with zero attached hydrogens (tertiary/aromatic N) is 1. The molecule has 3 nitrogen and oxygen atoms in total. The van der Waals surface area contributed by atoms with Crippen LogP contribution in [0.2, 0.25) is 0 Å². The third kappa shape index (κ3) is 2.83. The van der Waals surface area contributed by atoms with Crippen molar-refractivity contribution in [1.82, 2.24) is 4.57 Å². The van der Waals surface area contributed by atoms with E-state index >= 15 is 0 Å². The molecule has 0 fully saturated rings. The molecule has 106 valence electrons. The van der Waals surface area contributed by atoms with Gasteiger partial charge in [0.25, 0.3) is 0 Å². The first-order valence-electron chi connectivity index (χ1n) is 6.95. The van der Waals surface area contributed by atoms with Crippen LogP contribution in [0, 0.1) is 6.92 Å². The molecule has 0 unspecified atom stereocenters. The predicted octanol–water partition coefficient (Wildman–Crippen LogP) is 2.90. The number of hydrogen-bond acceptors (Lipinski definition) is 2. The van der Waals surface area contributed by atoms with Crippen molar-refractivity contribution in [2.24, 2.45) is 5.73 Å². The molecule has 0 aliphatic heterocycles. The van der Waals surface area contributed by atoms with Crippen LogP contribution in [-0.2, 0) is 12.0 Å². The fraction of sp³-hybridized carbons (Fsp3) is 0.353. The van der Waals surface area contributed by atoms with E-state index in [0.29, 0.717) is 5.56 Å². The van der Waals surface area contributed by atoms with Gasteiger partial charge in [-0.15, -0.1) is 0 Å². The van der Waals surface area contributed by atoms with Gasteiger partial charge in [0.2, 0.25) is 0 Å². The third-order valence-corrected chi connectivity index (χ3v) is 3.56. The van der Waals surface area contributed by atoms with E-state index < -0.39 is 5.54 Å². The Morgan fingerprint density at radius 1 is 1.20 bits per heavy atom. The van der Waals surface area contributed by atoms with Crippen LogP contribution in [-0.4, -0.2) is 4.57 Å². The first-order chi connectivity index (χ1) is 9.32. The summed E-state index contributed by atoms with van der Waals surface area (Å²) in [4.78, 5) is 12.1. The lowest BCUT2D eigenvalue weighted by atomic mass is 9.96. The Morgan fingerprint density at radius 2 is 1.80 bits per heavy atom. The fourth-order valence-corrected chi connectivity index (χ4v) is 2.29. The Kier molecular flexibility index (Phi) is 3.82. The van der Waals surface area contributed by atoms with Gasteiger partial charge in [-0.25, -0.2) is 0 Å². The van der Waals surface area contributed by atoms with Crippen LogP contribution in [0.25, 0.3) is 5.69 Å². The van der Waals surface area contributed by atoms with Gasteiger partial charge in [0.1, 0.15) is 0 Å². The maximum atomic E-state index is 12.1. The summed E-state index contributed by atoms with van der Waals surface area (Å²) in [6, 6.07) is 10.0. The van der Waals surface area contributed by atoms with Crippen LogP contribution in [0.4, 0.5) is 0 Å². The standard InChI is InChI=1S/C17H22N2O/c1-5-13-6-8-14(9-7-13)19-11-15(17(3,4)18)16(20)10-12(19)2/h6-11H,5,18H2,1-4H3. The van der Waals surface area contributed by atoms with Gasteiger partial charge in [0, 0.05) is 34.7 Å². The molecule has 0 bridgehead atoms. The summed E-state index contributed by atoms with van der Waals surface area (Å²) in [5.41, 5.74) is 9.32. The highest BCUT2D eigenvalue weighted by molar-refractivity contribution is 5.38. The van der Waals surface area contributed by atoms with Gasteiger partial charge in [-0.1, -0.05) is 19.1 Å². The van der Waals surface area contributed by atoms with Gasteiger partial charge in [-0.3, -0.25) is 4.79 Å². The third-order valence-electron chi connectivity index (χ3n) is 3.56. The minimum absolute atomic E-state index is 0.00331. The molecule has 1 heterocycles. The van der Waals surface area contributed by atoms with E-state index in [2.05, 4.69) is 31.2 Å². The number of aromatic nitrogens is 1. The van der Waals surface area contributed by atoms with E-state index in [1.165, 1.54) is 5.56 Å². The van der Waals surface area contributed by atoms with Crippen molar-refractivity contribution < 1.29 is 0 Å². The number of rotatable bonds is 3. The summed E-state index contributed by atoms with van der Waals surface area (Å²) in [5.74, 6) is 0. The van der Waals surface area contributed by atoms with Crippen LogP contribution >= 0.6 is 0 Å². The molecule has 0 saturated heterocycles. The molecule has 3 heteroatoms. The quantitative estimate of drug-likeness (QED) is 0.932. The zero-order chi connectivity index (χ0) is 14.9. The SMILES string of the molecule is CCc1ccc(-n2cc(C(C)(C)N)c(=O)cc2C)cc1. The molecular formula is C17H22N2O. The molecule has 2 aromatic rings. The van der Waals surface area contributed by atoms with Crippen LogP contribution in [0.1, 0.15) is 37.6 Å². The van der Waals surface area contributed by atoms with Crippen LogP contribution in [0.15, 0.2) is 41.3 Å². The van der Waals surface area contributed by atoms with Gasteiger partial charge < -0.3 is 10.3 Å². The van der Waals surface area contributed by atoms with E-state index in [-0.39, 0.29) is 5.43 Å². The van der Waals surface area contributed by atoms with Gasteiger partial charge >= 0.3 is 0 Å². The molecule has 2 rings (SSSR count). The van der Waals surface area contributed by atoms with E-state index in [4.69, 9.17) is 5.73 Å². The molecule has 0 radical (unpaired) electrons. The summed E-state index contributed by atoms with van der Waals surface area (Å²) in [5, 5.41) is 0. The Morgan fingerprint density at radius 3 is 2.30 bits per heavy atom. The lowest BCUT2D eigenvalue weighted by Gasteiger charge is -2.21. The van der Waals surface area contributed by atoms with Crippen molar-refractivity contribution >= 4 is 0 Å². The fourth-order valence-electron chi connectivity index (χ4n) is 2.29. The van der Waals surface area contributed by atoms with E-state index in [1.807, 2.05) is 31.5 Å². The molecule has 1 aromatic heterocycles. The summed E-state index contributed by atoms with van der Waals surface area (Å²) >= 11 is 0. The highest BCUT2D eigenvalue weighted by Gasteiger charge is 2.19. The zero-order valence-corrected chi connectivity index (χ0v) is 12.6. The smallest absolute Gasteiger partial charge is 0.186 e. The highest BCUT2D eigenvalue weighted by Crippen LogP contribution is 2.17. The summed E-state index contributed by atoms with van der Waals surface area (Å²) < 4.78 is 2.02. The topological polar surface area (TPSA) is 48.0 Å². The number of hydrogen-bond donors (Lipinski definition) is 1. The molecule has 0 atom stereocenters. The van der Waals surface area contributed by atoms with Crippen LogP contribution < -0.4 is 11.2 Å². The predicted molar refractivity (Wildman–Crippen MR) is 83.4 cm³/mol. The van der Waals surface area contributed by atoms with Crippen molar-refractivity contribution in [2.45, 2.75) is 39.7 Å². The van der Waals surface area contributed by atoms with Gasteiger partial charge in [0.15, 0.2) is 5.43 Å². The highest BCUT2D eigenvalue weighted by atomic mass is 16.1. The summed E-state index contributed by atoms with van der Waals surface area (Å²) in [6.45, 7) is 7.77. The molecule has 2 N–H and O–H groups in total. The van der Waals surface area contributed by atoms with E-state index in [0.717, 1.165) is 17.8 Å². The van der Waals surface area contributed by atoms with Gasteiger partial charge in [-0.05, 0) is 44.9 Å². The Balaban J connectivity index is 2.58. The molecule has 0 aliphatic carbocycles. The second-order valence-electron chi connectivity index (χ2n) is 5.80. The zero-order valence-electron chi connectivity index (χ0n) is 12.6. The van der Waals surface area contributed by atoms with Crippen molar-refractivity contribution in [3.63, 3.8) is 0 Å². The average molecular weight is 270 g/mol. The van der Waals surface area contributed by atoms with Gasteiger partial charge in [0.05, 0.1) is 0 Å². The van der Waals surface area contributed by atoms with Crippen LogP contribution in [0.5, 0.6) is 0 Å². The Hall–Kier alpha value is -1.87. The van der Waals surface area contributed by atoms with Crippen molar-refractivity contribution in [3.05, 3.63) is 63.6 Å². The minimum Gasteiger partial charge on any atom is -0.322 e. The molecule has 0 amide bonds. The lowest BCUT2D eigenvalue weighted by Crippen LogP contribution is -2.35. The number of nitrogens with two attached hydrogens (primary N) is 1. The maximum Gasteiger partial charge on any atom is 0.186 e. The Labute approximate surface area is 120 Å². The largest absolute Gasteiger partial charge is 0.322 e. The first kappa shape index (κ1) is 14.5. The number of pyridine rings is 1. The van der Waals surface area contributed by atoms with Crippen LogP contribution in [0.3, 0.4) is 0 Å². The Bertz CT molecular complexity index is 661. The van der Waals surface area contributed by atoms with Gasteiger partial charge in [-0.2, -0.15) is 0 Å². The molecule has 1 aromatic carbocycles. The van der Waals surface area contributed by atoms with E-state index in [9.17, 15) is 4.79 Å². The molecule has 0 saturated carbocycles. The summed E-state index contributed by atoms with van der Waals surface area (Å²) in [7, 11) is 0. The van der Waals surface area contributed by atoms with Crippen molar-refractivity contribution in [1.29, 1.82) is 0 Å². The monoisotopic (exact) mass is 270 g/mol. The van der Waals surface area contributed by atoms with E-state index in [1.54, 1.807) is 6.07 Å². The second kappa shape index (κ2) is 5.25. The van der Waals surface area contributed by atoms with Crippen molar-refractivity contribution in [2.75, 3.05) is 0 Å². The first-order valence-corrected chi connectivity index (χ1v) is 6.95. The minimum atomic E-state index is -0.643. The normalized spacial score (nSPS) is 11.7. The lowest BCUT2D eigenvalue weighted by molar-refractivity contribution is 0.544. The summed E-state index contributed by atoms with van der Waals surface area (Å²) in [6.07, 6.45) is 2.88. The molecule has 0 aliphatic rings.